The third-order valence-electron chi connectivity index (χ3n) is 4.25. The Morgan fingerprint density at radius 3 is 3.00 bits per heavy atom. The minimum Gasteiger partial charge on any atom is -0.396 e. The van der Waals surface area contributed by atoms with Crippen molar-refractivity contribution < 1.29 is 4.84 Å². The van der Waals surface area contributed by atoms with Gasteiger partial charge in [-0.05, 0) is 49.4 Å². The second-order valence-corrected chi connectivity index (χ2v) is 7.23. The smallest absolute Gasteiger partial charge is 0.125 e. The van der Waals surface area contributed by atoms with Gasteiger partial charge in [0.05, 0.1) is 16.3 Å². The monoisotopic (exact) mass is 364 g/mol. The largest absolute Gasteiger partial charge is 0.396 e. The average molecular weight is 364 g/mol. The molecule has 132 valence electrons. The molecule has 0 radical (unpaired) electrons. The quantitative estimate of drug-likeness (QED) is 0.485. The predicted molar refractivity (Wildman–Crippen MR) is 104 cm³/mol. The van der Waals surface area contributed by atoms with E-state index in [4.69, 9.17) is 9.82 Å². The maximum Gasteiger partial charge on any atom is 0.125 e. The van der Waals surface area contributed by atoms with Gasteiger partial charge in [0.2, 0.25) is 0 Å². The lowest BCUT2D eigenvalue weighted by Gasteiger charge is -2.17. The van der Waals surface area contributed by atoms with Gasteiger partial charge in [0.1, 0.15) is 17.3 Å². The minimum atomic E-state index is 0.641. The normalized spacial score (nSPS) is 15.0. The summed E-state index contributed by atoms with van der Waals surface area (Å²) >= 11 is 1.63. The van der Waals surface area contributed by atoms with Crippen LogP contribution in [-0.2, 0) is 11.3 Å². The molecule has 0 bridgehead atoms. The molecule has 6 heteroatoms. The van der Waals surface area contributed by atoms with Gasteiger partial charge in [-0.25, -0.2) is 9.97 Å². The third-order valence-corrected chi connectivity index (χ3v) is 5.32. The van der Waals surface area contributed by atoms with E-state index in [1.165, 1.54) is 5.56 Å². The number of aryl methyl sites for hydroxylation is 1. The van der Waals surface area contributed by atoms with Crippen LogP contribution in [0.1, 0.15) is 37.4 Å². The molecule has 5 nitrogen and oxygen atoms in total. The summed E-state index contributed by atoms with van der Waals surface area (Å²) in [7, 11) is 0. The molecule has 0 aliphatic heterocycles. The fourth-order valence-corrected chi connectivity index (χ4v) is 3.84. The molecule has 26 heavy (non-hydrogen) atoms. The van der Waals surface area contributed by atoms with E-state index in [1.807, 2.05) is 24.5 Å². The Morgan fingerprint density at radius 1 is 1.19 bits per heavy atom. The zero-order valence-electron chi connectivity index (χ0n) is 14.7. The molecule has 3 aromatic rings. The third kappa shape index (κ3) is 3.51. The number of pyridine rings is 2. The highest BCUT2D eigenvalue weighted by molar-refractivity contribution is 7.18. The van der Waals surface area contributed by atoms with Crippen LogP contribution >= 0.6 is 11.3 Å². The first-order valence-corrected chi connectivity index (χ1v) is 9.72. The van der Waals surface area contributed by atoms with Crippen LogP contribution in [0, 0.1) is 0 Å². The van der Waals surface area contributed by atoms with Crippen LogP contribution in [0.25, 0.3) is 21.1 Å². The molecule has 0 spiro atoms. The number of hydrogen-bond acceptors (Lipinski definition) is 6. The first-order valence-electron chi connectivity index (χ1n) is 8.91. The van der Waals surface area contributed by atoms with E-state index in [1.54, 1.807) is 17.5 Å². The molecule has 0 unspecified atom stereocenters. The van der Waals surface area contributed by atoms with Crippen LogP contribution in [0.4, 0.5) is 0 Å². The number of oxime groups is 1. The zero-order valence-corrected chi connectivity index (χ0v) is 15.5. The van der Waals surface area contributed by atoms with Crippen LogP contribution < -0.4 is 0 Å². The number of fused-ring (bicyclic) bond motifs is 1. The standard InChI is InChI=1S/C20H20N4OS/c1-2-11-25-24-17-7-3-5-14-8-9-16(23-19(14)17)18-13-22-20(26-18)15-6-4-10-21-12-15/h4,6,8-10,12-13H,2-3,5,7,11H2,1H3. The minimum absolute atomic E-state index is 0.641. The first kappa shape index (κ1) is 16.8. The molecule has 3 heterocycles. The predicted octanol–water partition coefficient (Wildman–Crippen LogP) is 4.73. The summed E-state index contributed by atoms with van der Waals surface area (Å²) in [6.45, 7) is 2.72. The van der Waals surface area contributed by atoms with E-state index >= 15 is 0 Å². The van der Waals surface area contributed by atoms with Gasteiger partial charge < -0.3 is 4.84 Å². The van der Waals surface area contributed by atoms with Crippen LogP contribution in [0.2, 0.25) is 0 Å². The fourth-order valence-electron chi connectivity index (χ4n) is 2.96. The summed E-state index contributed by atoms with van der Waals surface area (Å²) in [5.41, 5.74) is 5.13. The first-order chi connectivity index (χ1) is 12.8. The number of thiazole rings is 1. The van der Waals surface area contributed by atoms with Gasteiger partial charge in [-0.15, -0.1) is 11.3 Å². The molecule has 1 aliphatic carbocycles. The average Bonchev–Trinajstić information content (AvgIpc) is 3.19. The van der Waals surface area contributed by atoms with Gasteiger partial charge in [-0.3, -0.25) is 4.98 Å². The van der Waals surface area contributed by atoms with Crippen molar-refractivity contribution in [3.05, 3.63) is 54.1 Å². The van der Waals surface area contributed by atoms with Gasteiger partial charge >= 0.3 is 0 Å². The van der Waals surface area contributed by atoms with E-state index < -0.39 is 0 Å². The second kappa shape index (κ2) is 7.74. The Kier molecular flexibility index (Phi) is 5.02. The molecule has 4 rings (SSSR count). The van der Waals surface area contributed by atoms with Gasteiger partial charge in [0, 0.05) is 24.2 Å². The van der Waals surface area contributed by atoms with E-state index in [0.717, 1.165) is 58.2 Å². The van der Waals surface area contributed by atoms with Crippen molar-refractivity contribution in [3.63, 3.8) is 0 Å². The van der Waals surface area contributed by atoms with Crippen LogP contribution in [0.5, 0.6) is 0 Å². The van der Waals surface area contributed by atoms with E-state index in [2.05, 4.69) is 34.2 Å². The lowest BCUT2D eigenvalue weighted by atomic mass is 9.94. The van der Waals surface area contributed by atoms with Gasteiger partial charge in [-0.1, -0.05) is 18.1 Å². The maximum absolute atomic E-state index is 5.42. The Morgan fingerprint density at radius 2 is 2.15 bits per heavy atom. The topological polar surface area (TPSA) is 60.3 Å². The highest BCUT2D eigenvalue weighted by atomic mass is 32.1. The molecule has 0 aromatic carbocycles. The summed E-state index contributed by atoms with van der Waals surface area (Å²) in [6, 6.07) is 8.18. The Bertz CT molecular complexity index is 921. The van der Waals surface area contributed by atoms with E-state index in [9.17, 15) is 0 Å². The van der Waals surface area contributed by atoms with Crippen molar-refractivity contribution in [3.8, 4) is 21.1 Å². The summed E-state index contributed by atoms with van der Waals surface area (Å²) in [6.07, 6.45) is 9.48. The van der Waals surface area contributed by atoms with Crippen molar-refractivity contribution in [2.24, 2.45) is 5.16 Å². The summed E-state index contributed by atoms with van der Waals surface area (Å²) in [4.78, 5) is 20.1. The molecule has 0 saturated carbocycles. The Balaban J connectivity index is 1.66. The summed E-state index contributed by atoms with van der Waals surface area (Å²) in [5, 5.41) is 5.29. The highest BCUT2D eigenvalue weighted by Gasteiger charge is 2.19. The molecular formula is C20H20N4OS. The Hall–Kier alpha value is -2.60. The van der Waals surface area contributed by atoms with Crippen molar-refractivity contribution in [1.29, 1.82) is 0 Å². The van der Waals surface area contributed by atoms with Crippen LogP contribution in [0.3, 0.4) is 0 Å². The number of nitrogens with zero attached hydrogens (tertiary/aromatic N) is 4. The Labute approximate surface area is 156 Å². The maximum atomic E-state index is 5.42. The van der Waals surface area contributed by atoms with Crippen LogP contribution in [-0.4, -0.2) is 27.3 Å². The van der Waals surface area contributed by atoms with Crippen molar-refractivity contribution in [2.75, 3.05) is 6.61 Å². The van der Waals surface area contributed by atoms with E-state index in [-0.39, 0.29) is 0 Å². The summed E-state index contributed by atoms with van der Waals surface area (Å²) in [5.74, 6) is 0. The highest BCUT2D eigenvalue weighted by Crippen LogP contribution is 2.32. The number of hydrogen-bond donors (Lipinski definition) is 0. The molecule has 0 amide bonds. The molecule has 0 saturated heterocycles. The zero-order chi connectivity index (χ0) is 17.8. The molecule has 0 N–H and O–H groups in total. The fraction of sp³-hybridized carbons (Fsp3) is 0.300. The van der Waals surface area contributed by atoms with Crippen molar-refractivity contribution in [1.82, 2.24) is 15.0 Å². The van der Waals surface area contributed by atoms with E-state index in [0.29, 0.717) is 6.61 Å². The lowest BCUT2D eigenvalue weighted by Crippen LogP contribution is -2.15. The van der Waals surface area contributed by atoms with Gasteiger partial charge in [-0.2, -0.15) is 0 Å². The lowest BCUT2D eigenvalue weighted by molar-refractivity contribution is 0.144. The molecule has 1 aliphatic rings. The second-order valence-electron chi connectivity index (χ2n) is 6.20. The summed E-state index contributed by atoms with van der Waals surface area (Å²) < 4.78 is 0. The molecular weight excluding hydrogens is 344 g/mol. The van der Waals surface area contributed by atoms with Crippen molar-refractivity contribution >= 4 is 17.0 Å². The van der Waals surface area contributed by atoms with Gasteiger partial charge in [0.25, 0.3) is 0 Å². The molecule has 0 fully saturated rings. The van der Waals surface area contributed by atoms with Crippen LogP contribution in [0.15, 0.2) is 48.0 Å². The molecule has 3 aromatic heterocycles. The SMILES string of the molecule is CCCON=C1CCCc2ccc(-c3cnc(-c4cccnc4)s3)nc21. The van der Waals surface area contributed by atoms with Crippen molar-refractivity contribution in [2.45, 2.75) is 32.6 Å². The number of aromatic nitrogens is 3. The number of rotatable bonds is 5. The van der Waals surface area contributed by atoms with Gasteiger partial charge in [0.15, 0.2) is 0 Å². The molecule has 0 atom stereocenters.